The van der Waals surface area contributed by atoms with Crippen LogP contribution in [0.5, 0.6) is 0 Å². The second-order valence-electron chi connectivity index (χ2n) is 6.33. The van der Waals surface area contributed by atoms with Crippen molar-refractivity contribution in [3.63, 3.8) is 0 Å². The van der Waals surface area contributed by atoms with Gasteiger partial charge in [-0.05, 0) is 47.7 Å². The van der Waals surface area contributed by atoms with Gasteiger partial charge in [0.2, 0.25) is 0 Å². The first kappa shape index (κ1) is 16.6. The van der Waals surface area contributed by atoms with Crippen LogP contribution in [0.15, 0.2) is 59.0 Å². The molecule has 0 aliphatic heterocycles. The Hall–Kier alpha value is -1.82. The first-order valence-electron chi connectivity index (χ1n) is 8.17. The average molecular weight is 372 g/mol. The monoisotopic (exact) mass is 371 g/mol. The Balaban J connectivity index is 1.59. The lowest BCUT2D eigenvalue weighted by molar-refractivity contribution is 0.274. The molecule has 1 aliphatic rings. The minimum absolute atomic E-state index is 0.279. The van der Waals surface area contributed by atoms with Gasteiger partial charge >= 0.3 is 0 Å². The van der Waals surface area contributed by atoms with Crippen LogP contribution in [0.4, 0.5) is 0 Å². The third-order valence-corrected chi connectivity index (χ3v) is 5.90. The number of aromatic nitrogens is 3. The molecule has 25 heavy (non-hydrogen) atoms. The zero-order chi connectivity index (χ0) is 17.4. The summed E-state index contributed by atoms with van der Waals surface area (Å²) in [7, 11) is 1.99. The summed E-state index contributed by atoms with van der Waals surface area (Å²) >= 11 is 7.49. The molecule has 0 amide bonds. The van der Waals surface area contributed by atoms with Crippen LogP contribution in [0.3, 0.4) is 0 Å². The second kappa shape index (κ2) is 6.83. The van der Waals surface area contributed by atoms with E-state index in [1.807, 2.05) is 30.1 Å². The lowest BCUT2D eigenvalue weighted by Crippen LogP contribution is -1.91. The lowest BCUT2D eigenvalue weighted by Gasteiger charge is -2.07. The summed E-state index contributed by atoms with van der Waals surface area (Å²) in [5.41, 5.74) is 3.33. The summed E-state index contributed by atoms with van der Waals surface area (Å²) in [4.78, 5) is 8.93. The highest BCUT2D eigenvalue weighted by atomic mass is 35.5. The second-order valence-corrected chi connectivity index (χ2v) is 7.78. The summed E-state index contributed by atoms with van der Waals surface area (Å²) in [5.74, 6) is 0.942. The standard InChI is InChI=1S/C19H18ClN3OS/c1-23-11-22-18(19(23)25-17-7-6-15(20)9-21-17)13-4-2-12(3-5-13)16-8-14(16)10-24/h2-7,9,11,14,16,24H,8,10H2,1H3/t14-,16-/m1/s1. The van der Waals surface area contributed by atoms with Crippen molar-refractivity contribution in [1.29, 1.82) is 0 Å². The van der Waals surface area contributed by atoms with Crippen LogP contribution in [0.2, 0.25) is 5.02 Å². The molecule has 1 fully saturated rings. The van der Waals surface area contributed by atoms with Gasteiger partial charge in [-0.25, -0.2) is 9.97 Å². The molecular weight excluding hydrogens is 354 g/mol. The number of benzene rings is 1. The van der Waals surface area contributed by atoms with E-state index < -0.39 is 0 Å². The number of imidazole rings is 1. The molecule has 4 nitrogen and oxygen atoms in total. The quantitative estimate of drug-likeness (QED) is 0.723. The number of halogens is 1. The van der Waals surface area contributed by atoms with Crippen LogP contribution < -0.4 is 0 Å². The van der Waals surface area contributed by atoms with Gasteiger partial charge in [0.25, 0.3) is 0 Å². The average Bonchev–Trinajstić information content (AvgIpc) is 3.35. The highest BCUT2D eigenvalue weighted by Gasteiger charge is 2.37. The number of hydrogen-bond donors (Lipinski definition) is 1. The zero-order valence-electron chi connectivity index (χ0n) is 13.8. The lowest BCUT2D eigenvalue weighted by atomic mass is 10.1. The van der Waals surface area contributed by atoms with E-state index in [2.05, 4.69) is 34.2 Å². The van der Waals surface area contributed by atoms with Gasteiger partial charge < -0.3 is 9.67 Å². The van der Waals surface area contributed by atoms with Crippen molar-refractivity contribution in [3.05, 3.63) is 59.5 Å². The molecule has 2 aromatic heterocycles. The molecule has 2 atom stereocenters. The molecule has 1 N–H and O–H groups in total. The maximum absolute atomic E-state index is 9.24. The number of pyridine rings is 1. The molecule has 2 heterocycles. The van der Waals surface area contributed by atoms with Gasteiger partial charge in [-0.15, -0.1) is 0 Å². The van der Waals surface area contributed by atoms with Gasteiger partial charge in [-0.1, -0.05) is 35.9 Å². The molecule has 0 radical (unpaired) electrons. The fraction of sp³-hybridized carbons (Fsp3) is 0.263. The molecule has 1 aliphatic carbocycles. The van der Waals surface area contributed by atoms with Crippen molar-refractivity contribution >= 4 is 23.4 Å². The summed E-state index contributed by atoms with van der Waals surface area (Å²) in [5, 5.41) is 11.8. The predicted molar refractivity (Wildman–Crippen MR) is 99.9 cm³/mol. The largest absolute Gasteiger partial charge is 0.396 e. The minimum atomic E-state index is 0.279. The molecule has 0 unspecified atom stereocenters. The zero-order valence-corrected chi connectivity index (χ0v) is 15.3. The van der Waals surface area contributed by atoms with Crippen molar-refractivity contribution < 1.29 is 5.11 Å². The molecular formula is C19H18ClN3OS. The first-order chi connectivity index (χ1) is 12.2. The molecule has 6 heteroatoms. The molecule has 1 aromatic carbocycles. The normalized spacial score (nSPS) is 19.2. The van der Waals surface area contributed by atoms with Gasteiger partial charge in [0.15, 0.2) is 0 Å². The van der Waals surface area contributed by atoms with E-state index in [1.165, 1.54) is 5.56 Å². The maximum Gasteiger partial charge on any atom is 0.109 e. The van der Waals surface area contributed by atoms with Crippen molar-refractivity contribution in [2.75, 3.05) is 6.61 Å². The van der Waals surface area contributed by atoms with Crippen LogP contribution >= 0.6 is 23.4 Å². The molecule has 0 bridgehead atoms. The van der Waals surface area contributed by atoms with E-state index in [9.17, 15) is 5.11 Å². The molecule has 0 saturated heterocycles. The fourth-order valence-corrected chi connectivity index (χ4v) is 4.01. The Kier molecular flexibility index (Phi) is 4.54. The van der Waals surface area contributed by atoms with E-state index in [0.717, 1.165) is 27.7 Å². The van der Waals surface area contributed by atoms with Crippen molar-refractivity contribution in [3.8, 4) is 11.3 Å². The van der Waals surface area contributed by atoms with Crippen LogP contribution in [-0.4, -0.2) is 26.2 Å². The van der Waals surface area contributed by atoms with Crippen molar-refractivity contribution in [2.24, 2.45) is 13.0 Å². The van der Waals surface area contributed by atoms with E-state index in [0.29, 0.717) is 16.9 Å². The van der Waals surface area contributed by atoms with Crippen LogP contribution in [-0.2, 0) is 7.05 Å². The Bertz CT molecular complexity index is 877. The van der Waals surface area contributed by atoms with Crippen molar-refractivity contribution in [1.82, 2.24) is 14.5 Å². The minimum Gasteiger partial charge on any atom is -0.396 e. The van der Waals surface area contributed by atoms with E-state index in [1.54, 1.807) is 18.0 Å². The van der Waals surface area contributed by atoms with Crippen LogP contribution in [0.1, 0.15) is 17.9 Å². The third-order valence-electron chi connectivity index (χ3n) is 4.55. The first-order valence-corrected chi connectivity index (χ1v) is 9.37. The number of aliphatic hydroxyl groups excluding tert-OH is 1. The predicted octanol–water partition coefficient (Wildman–Crippen LogP) is 4.38. The highest BCUT2D eigenvalue weighted by Crippen LogP contribution is 2.47. The fourth-order valence-electron chi connectivity index (χ4n) is 3.00. The molecule has 3 aromatic rings. The molecule has 0 spiro atoms. The van der Waals surface area contributed by atoms with E-state index in [-0.39, 0.29) is 6.61 Å². The third kappa shape index (κ3) is 3.45. The van der Waals surface area contributed by atoms with Gasteiger partial charge in [0.1, 0.15) is 15.7 Å². The highest BCUT2D eigenvalue weighted by molar-refractivity contribution is 7.99. The van der Waals surface area contributed by atoms with Gasteiger partial charge in [0.05, 0.1) is 11.3 Å². The van der Waals surface area contributed by atoms with E-state index >= 15 is 0 Å². The van der Waals surface area contributed by atoms with Crippen LogP contribution in [0, 0.1) is 5.92 Å². The number of nitrogens with zero attached hydrogens (tertiary/aromatic N) is 3. The molecule has 128 valence electrons. The topological polar surface area (TPSA) is 50.9 Å². The Morgan fingerprint density at radius 1 is 1.20 bits per heavy atom. The number of rotatable bonds is 5. The molecule has 4 rings (SSSR count). The maximum atomic E-state index is 9.24. The van der Waals surface area contributed by atoms with Gasteiger partial charge in [0, 0.05) is 25.4 Å². The Morgan fingerprint density at radius 2 is 2.00 bits per heavy atom. The van der Waals surface area contributed by atoms with Gasteiger partial charge in [-0.3, -0.25) is 0 Å². The Labute approximate surface area is 155 Å². The summed E-state index contributed by atoms with van der Waals surface area (Å²) in [6.07, 6.45) is 4.56. The smallest absolute Gasteiger partial charge is 0.109 e. The summed E-state index contributed by atoms with van der Waals surface area (Å²) < 4.78 is 2.01. The summed E-state index contributed by atoms with van der Waals surface area (Å²) in [6, 6.07) is 12.3. The number of aryl methyl sites for hydroxylation is 1. The van der Waals surface area contributed by atoms with E-state index in [4.69, 9.17) is 11.6 Å². The number of hydrogen-bond acceptors (Lipinski definition) is 4. The van der Waals surface area contributed by atoms with Gasteiger partial charge in [-0.2, -0.15) is 0 Å². The van der Waals surface area contributed by atoms with Crippen LogP contribution in [0.25, 0.3) is 11.3 Å². The Morgan fingerprint density at radius 3 is 2.64 bits per heavy atom. The SMILES string of the molecule is Cn1cnc(-c2ccc([C@H]3C[C@@H]3CO)cc2)c1Sc1ccc(Cl)cn1. The van der Waals surface area contributed by atoms with Crippen molar-refractivity contribution in [2.45, 2.75) is 22.4 Å². The number of aliphatic hydroxyl groups is 1. The molecule has 1 saturated carbocycles. The summed E-state index contributed by atoms with van der Waals surface area (Å²) in [6.45, 7) is 0.279.